The number of rotatable bonds is 3. The minimum Gasteiger partial charge on any atom is -0.422 e. The van der Waals surface area contributed by atoms with Crippen molar-refractivity contribution >= 4 is 33.3 Å². The van der Waals surface area contributed by atoms with Crippen molar-refractivity contribution in [3.05, 3.63) is 86.0 Å². The van der Waals surface area contributed by atoms with Crippen molar-refractivity contribution in [1.29, 1.82) is 0 Å². The van der Waals surface area contributed by atoms with Gasteiger partial charge in [0.25, 0.3) is 0 Å². The van der Waals surface area contributed by atoms with Crippen LogP contribution in [0.25, 0.3) is 43.6 Å². The molecule has 3 heterocycles. The molecule has 0 bridgehead atoms. The average Bonchev–Trinajstić information content (AvgIpc) is 3.19. The van der Waals surface area contributed by atoms with E-state index in [4.69, 9.17) is 8.83 Å². The van der Waals surface area contributed by atoms with Crippen molar-refractivity contribution < 1.29 is 8.83 Å². The third-order valence-corrected chi connectivity index (χ3v) is 6.11. The van der Waals surface area contributed by atoms with Crippen LogP contribution in [0.5, 0.6) is 0 Å². The number of aryl methyl sites for hydroxylation is 2. The van der Waals surface area contributed by atoms with Gasteiger partial charge in [-0.1, -0.05) is 37.3 Å². The van der Waals surface area contributed by atoms with Gasteiger partial charge in [0.15, 0.2) is 0 Å². The van der Waals surface area contributed by atoms with Crippen LogP contribution in [0.3, 0.4) is 0 Å². The van der Waals surface area contributed by atoms with Gasteiger partial charge in [0, 0.05) is 22.5 Å². The van der Waals surface area contributed by atoms with Crippen LogP contribution < -0.4 is 11.3 Å². The van der Waals surface area contributed by atoms with E-state index in [1.54, 1.807) is 6.07 Å². The Hall–Kier alpha value is -3.51. The van der Waals surface area contributed by atoms with Gasteiger partial charge >= 0.3 is 11.3 Å². The number of fused-ring (bicyclic) bond motifs is 3. The summed E-state index contributed by atoms with van der Waals surface area (Å²) in [5, 5.41) is 3.87. The molecule has 0 saturated carbocycles. The van der Waals surface area contributed by atoms with Gasteiger partial charge in [0.1, 0.15) is 16.2 Å². The Morgan fingerprint density at radius 3 is 2.43 bits per heavy atom. The summed E-state index contributed by atoms with van der Waals surface area (Å²) in [7, 11) is 0. The largest absolute Gasteiger partial charge is 0.422 e. The standard InChI is InChI=1S/C24H17NO4S/c1-3-14-9-17-16(15-7-5-4-6-8-15)11-20(26)28-22(17)18-10-19(24(27)29-21(14)18)23-25-13(2)12-30-23/h4-12H,3H2,1-2H3. The van der Waals surface area contributed by atoms with Crippen LogP contribution in [0.15, 0.2) is 72.3 Å². The summed E-state index contributed by atoms with van der Waals surface area (Å²) in [6.07, 6.45) is 0.665. The molecule has 0 N–H and O–H groups in total. The lowest BCUT2D eigenvalue weighted by Crippen LogP contribution is -2.05. The van der Waals surface area contributed by atoms with Crippen molar-refractivity contribution in [1.82, 2.24) is 4.98 Å². The molecule has 5 nitrogen and oxygen atoms in total. The van der Waals surface area contributed by atoms with E-state index in [9.17, 15) is 9.59 Å². The highest BCUT2D eigenvalue weighted by molar-refractivity contribution is 7.13. The van der Waals surface area contributed by atoms with Crippen molar-refractivity contribution in [3.63, 3.8) is 0 Å². The third kappa shape index (κ3) is 2.97. The van der Waals surface area contributed by atoms with Gasteiger partial charge in [0.05, 0.1) is 10.9 Å². The Morgan fingerprint density at radius 2 is 1.73 bits per heavy atom. The molecule has 30 heavy (non-hydrogen) atoms. The summed E-state index contributed by atoms with van der Waals surface area (Å²) in [6.45, 7) is 3.87. The Bertz CT molecular complexity index is 1530. The molecule has 0 radical (unpaired) electrons. The first-order valence-corrected chi connectivity index (χ1v) is 10.5. The third-order valence-electron chi connectivity index (χ3n) is 5.12. The Kier molecular flexibility index (Phi) is 4.37. The Morgan fingerprint density at radius 1 is 0.933 bits per heavy atom. The number of thiazole rings is 1. The van der Waals surface area contributed by atoms with Crippen LogP contribution in [0, 0.1) is 6.92 Å². The fourth-order valence-electron chi connectivity index (χ4n) is 3.71. The number of hydrogen-bond donors (Lipinski definition) is 0. The summed E-state index contributed by atoms with van der Waals surface area (Å²) in [6, 6.07) is 14.9. The van der Waals surface area contributed by atoms with Crippen LogP contribution >= 0.6 is 11.3 Å². The molecule has 0 unspecified atom stereocenters. The highest BCUT2D eigenvalue weighted by Gasteiger charge is 2.19. The maximum Gasteiger partial charge on any atom is 0.346 e. The van der Waals surface area contributed by atoms with Crippen LogP contribution in [0.1, 0.15) is 18.2 Å². The molecule has 6 heteroatoms. The summed E-state index contributed by atoms with van der Waals surface area (Å²) in [4.78, 5) is 29.6. The normalized spacial score (nSPS) is 11.4. The number of aromatic nitrogens is 1. The predicted molar refractivity (Wildman–Crippen MR) is 119 cm³/mol. The predicted octanol–water partition coefficient (Wildman–Crippen LogP) is 5.56. The zero-order chi connectivity index (χ0) is 20.8. The van der Waals surface area contributed by atoms with E-state index in [0.29, 0.717) is 33.5 Å². The molecular weight excluding hydrogens is 398 g/mol. The highest BCUT2D eigenvalue weighted by Crippen LogP contribution is 2.35. The van der Waals surface area contributed by atoms with Crippen LogP contribution in [0.4, 0.5) is 0 Å². The first kappa shape index (κ1) is 18.5. The molecule has 0 aliphatic heterocycles. The fraction of sp³-hybridized carbons (Fsp3) is 0.125. The van der Waals surface area contributed by atoms with Gasteiger partial charge in [-0.3, -0.25) is 0 Å². The van der Waals surface area contributed by atoms with E-state index in [2.05, 4.69) is 4.98 Å². The molecule has 0 aliphatic rings. The smallest absolute Gasteiger partial charge is 0.346 e. The van der Waals surface area contributed by atoms with Crippen LogP contribution in [-0.2, 0) is 6.42 Å². The number of benzene rings is 2. The highest BCUT2D eigenvalue weighted by atomic mass is 32.1. The maximum absolute atomic E-state index is 12.7. The lowest BCUT2D eigenvalue weighted by molar-refractivity contribution is 0.551. The van der Waals surface area contributed by atoms with E-state index in [1.807, 2.05) is 55.6 Å². The minimum atomic E-state index is -0.454. The molecular formula is C24H17NO4S. The molecule has 0 aliphatic carbocycles. The van der Waals surface area contributed by atoms with Gasteiger partial charge in [-0.25, -0.2) is 14.6 Å². The van der Waals surface area contributed by atoms with E-state index >= 15 is 0 Å². The van der Waals surface area contributed by atoms with Gasteiger partial charge in [-0.15, -0.1) is 11.3 Å². The van der Waals surface area contributed by atoms with Crippen molar-refractivity contribution in [2.45, 2.75) is 20.3 Å². The average molecular weight is 415 g/mol. The molecule has 0 saturated heterocycles. The number of hydrogen-bond acceptors (Lipinski definition) is 6. The molecule has 5 rings (SSSR count). The molecule has 0 fully saturated rings. The molecule has 5 aromatic rings. The lowest BCUT2D eigenvalue weighted by atomic mass is 9.97. The lowest BCUT2D eigenvalue weighted by Gasteiger charge is -2.11. The van der Waals surface area contributed by atoms with Gasteiger partial charge in [-0.05, 0) is 42.2 Å². The molecule has 0 spiro atoms. The van der Waals surface area contributed by atoms with E-state index in [1.165, 1.54) is 17.4 Å². The summed E-state index contributed by atoms with van der Waals surface area (Å²) in [5.74, 6) is 0. The first-order chi connectivity index (χ1) is 14.5. The van der Waals surface area contributed by atoms with Crippen LogP contribution in [-0.4, -0.2) is 4.98 Å². The second kappa shape index (κ2) is 7.07. The van der Waals surface area contributed by atoms with Crippen LogP contribution in [0.2, 0.25) is 0 Å². The van der Waals surface area contributed by atoms with Crippen molar-refractivity contribution in [2.75, 3.05) is 0 Å². The molecule has 148 valence electrons. The zero-order valence-electron chi connectivity index (χ0n) is 16.4. The van der Waals surface area contributed by atoms with Gasteiger partial charge < -0.3 is 8.83 Å². The Labute approximate surface area is 175 Å². The van der Waals surface area contributed by atoms with Crippen molar-refractivity contribution in [2.24, 2.45) is 0 Å². The van der Waals surface area contributed by atoms with E-state index in [-0.39, 0.29) is 0 Å². The Balaban J connectivity index is 1.94. The quantitative estimate of drug-likeness (QED) is 0.285. The molecule has 3 aromatic heterocycles. The van der Waals surface area contributed by atoms with Gasteiger partial charge in [0.2, 0.25) is 0 Å². The zero-order valence-corrected chi connectivity index (χ0v) is 17.2. The number of nitrogens with zero attached hydrogens (tertiary/aromatic N) is 1. The SMILES string of the molecule is CCc1cc2c(-c3ccccc3)cc(=O)oc2c2cc(-c3nc(C)cs3)c(=O)oc12. The second-order valence-corrected chi connectivity index (χ2v) is 7.95. The summed E-state index contributed by atoms with van der Waals surface area (Å²) in [5.41, 5.74) is 3.73. The van der Waals surface area contributed by atoms with E-state index < -0.39 is 11.3 Å². The summed E-state index contributed by atoms with van der Waals surface area (Å²) >= 11 is 1.38. The molecule has 2 aromatic carbocycles. The second-order valence-electron chi connectivity index (χ2n) is 7.10. The first-order valence-electron chi connectivity index (χ1n) is 9.60. The maximum atomic E-state index is 12.7. The van der Waals surface area contributed by atoms with Gasteiger partial charge in [-0.2, -0.15) is 0 Å². The van der Waals surface area contributed by atoms with Crippen molar-refractivity contribution in [3.8, 4) is 21.7 Å². The monoisotopic (exact) mass is 415 g/mol. The molecule has 0 atom stereocenters. The molecule has 0 amide bonds. The fourth-order valence-corrected chi connectivity index (χ4v) is 4.51. The van der Waals surface area contributed by atoms with E-state index in [0.717, 1.165) is 27.8 Å². The topological polar surface area (TPSA) is 73.3 Å². The summed E-state index contributed by atoms with van der Waals surface area (Å²) < 4.78 is 11.4. The minimum absolute atomic E-state index is 0.364.